The van der Waals surface area contributed by atoms with Crippen molar-refractivity contribution in [2.75, 3.05) is 0 Å². The highest BCUT2D eigenvalue weighted by Crippen LogP contribution is 2.51. The van der Waals surface area contributed by atoms with Gasteiger partial charge in [0.1, 0.15) is 45.6 Å². The number of hydrogen-bond acceptors (Lipinski definition) is 4. The predicted octanol–water partition coefficient (Wildman–Crippen LogP) is 18.2. The van der Waals surface area contributed by atoms with Crippen LogP contribution in [0.15, 0.2) is 215 Å². The number of hydrogen-bond donors (Lipinski definition) is 0. The first kappa shape index (κ1) is 42.5. The van der Waals surface area contributed by atoms with E-state index in [1.807, 2.05) is 42.5 Å². The van der Waals surface area contributed by atoms with Crippen molar-refractivity contribution in [3.05, 3.63) is 229 Å². The Morgan fingerprint density at radius 3 is 1.08 bits per heavy atom. The number of furan rings is 2. The predicted molar refractivity (Wildman–Crippen MR) is 317 cm³/mol. The summed E-state index contributed by atoms with van der Waals surface area (Å²) >= 11 is 0. The lowest BCUT2D eigenvalue weighted by Gasteiger charge is -2.27. The van der Waals surface area contributed by atoms with Crippen LogP contribution in [0.1, 0.15) is 22.3 Å². The van der Waals surface area contributed by atoms with Crippen LogP contribution in [0.25, 0.3) is 154 Å². The van der Waals surface area contributed by atoms with Crippen LogP contribution in [0, 0.1) is 36.5 Å². The van der Waals surface area contributed by atoms with Crippen LogP contribution in [0.3, 0.4) is 0 Å². The van der Waals surface area contributed by atoms with Crippen LogP contribution in [0.2, 0.25) is 0 Å². The summed E-state index contributed by atoms with van der Waals surface area (Å²) in [7, 11) is 0. The quantitative estimate of drug-likeness (QED) is 0.176. The second-order valence-corrected chi connectivity index (χ2v) is 20.7. The van der Waals surface area contributed by atoms with Crippen molar-refractivity contribution < 1.29 is 8.83 Å². The number of benzene rings is 11. The van der Waals surface area contributed by atoms with E-state index in [0.717, 1.165) is 142 Å². The van der Waals surface area contributed by atoms with Gasteiger partial charge >= 0.3 is 0 Å². The summed E-state index contributed by atoms with van der Waals surface area (Å²) in [6, 6.07) is 77.5. The normalized spacial score (nSPS) is 12.2. The molecule has 0 bridgehead atoms. The molecule has 8 nitrogen and oxygen atoms in total. The molecule has 6 aromatic heterocycles. The molecular formula is C70H40N6O2. The molecule has 362 valence electrons. The van der Waals surface area contributed by atoms with Crippen LogP contribution >= 0.6 is 0 Å². The summed E-state index contributed by atoms with van der Waals surface area (Å²) in [5, 5.41) is 37.5. The van der Waals surface area contributed by atoms with Gasteiger partial charge in [-0.15, -0.1) is 0 Å². The number of rotatable bonds is 4. The smallest absolute Gasteiger partial charge is 0.145 e. The molecule has 0 radical (unpaired) electrons. The lowest BCUT2D eigenvalue weighted by molar-refractivity contribution is 0.672. The molecule has 78 heavy (non-hydrogen) atoms. The molecular weight excluding hydrogens is 957 g/mol. The Morgan fingerprint density at radius 2 is 0.615 bits per heavy atom. The Labute approximate surface area is 443 Å². The number of nitriles is 2. The molecule has 6 heterocycles. The highest BCUT2D eigenvalue weighted by atomic mass is 16.3. The SMILES string of the molecule is Cc1ccc2c(c1)c1ccccc1n2-c1c(C#N)c(-n2c3ccccc3c3c4oc5ccccc5c4ccc32)c(-n2c3ccccc3c3ccccc32)c(C#N)c1-n1c2ccc(C)cc2c2c3oc4ccccc4c3ccc21. The molecule has 0 unspecified atom stereocenters. The van der Waals surface area contributed by atoms with E-state index in [2.05, 4.69) is 208 Å². The van der Waals surface area contributed by atoms with Crippen molar-refractivity contribution in [2.45, 2.75) is 13.8 Å². The summed E-state index contributed by atoms with van der Waals surface area (Å²) in [6.07, 6.45) is 0. The van der Waals surface area contributed by atoms with Gasteiger partial charge in [-0.1, -0.05) is 132 Å². The summed E-state index contributed by atoms with van der Waals surface area (Å²) < 4.78 is 22.8. The maximum absolute atomic E-state index is 12.8. The molecule has 17 rings (SSSR count). The molecule has 8 heteroatoms. The second kappa shape index (κ2) is 15.4. The minimum atomic E-state index is 0.378. The first-order valence-corrected chi connectivity index (χ1v) is 26.2. The Kier molecular flexibility index (Phi) is 8.40. The van der Waals surface area contributed by atoms with Gasteiger partial charge in [0.05, 0.1) is 77.7 Å². The molecule has 0 fully saturated rings. The zero-order valence-corrected chi connectivity index (χ0v) is 42.1. The van der Waals surface area contributed by atoms with E-state index in [0.29, 0.717) is 33.9 Å². The molecule has 0 spiro atoms. The van der Waals surface area contributed by atoms with Crippen LogP contribution in [-0.4, -0.2) is 18.3 Å². The van der Waals surface area contributed by atoms with Gasteiger partial charge in [-0.3, -0.25) is 0 Å². The van der Waals surface area contributed by atoms with Gasteiger partial charge < -0.3 is 27.1 Å². The lowest BCUT2D eigenvalue weighted by Crippen LogP contribution is -2.16. The van der Waals surface area contributed by atoms with E-state index < -0.39 is 0 Å². The molecule has 0 aliphatic heterocycles. The Hall–Kier alpha value is -10.8. The molecule has 0 aliphatic carbocycles. The number of aryl methyl sites for hydroxylation is 2. The van der Waals surface area contributed by atoms with E-state index in [9.17, 15) is 10.5 Å². The fourth-order valence-electron chi connectivity index (χ4n) is 13.4. The van der Waals surface area contributed by atoms with Crippen molar-refractivity contribution >= 4 is 131 Å². The summed E-state index contributed by atoms with van der Waals surface area (Å²) in [5.74, 6) is 0. The van der Waals surface area contributed by atoms with Crippen molar-refractivity contribution in [2.24, 2.45) is 0 Å². The topological polar surface area (TPSA) is 93.6 Å². The molecule has 0 N–H and O–H groups in total. The summed E-state index contributed by atoms with van der Waals surface area (Å²) in [5.41, 5.74) is 15.3. The second-order valence-electron chi connectivity index (χ2n) is 20.7. The fraction of sp³-hybridized carbons (Fsp3) is 0.0286. The molecule has 17 aromatic rings. The lowest BCUT2D eigenvalue weighted by atomic mass is 9.98. The third kappa shape index (κ3) is 5.39. The highest BCUT2D eigenvalue weighted by molar-refractivity contribution is 6.26. The first-order chi connectivity index (χ1) is 38.5. The fourth-order valence-corrected chi connectivity index (χ4v) is 13.4. The molecule has 0 saturated carbocycles. The van der Waals surface area contributed by atoms with E-state index in [-0.39, 0.29) is 0 Å². The molecule has 11 aromatic carbocycles. The van der Waals surface area contributed by atoms with Crippen molar-refractivity contribution in [1.29, 1.82) is 10.5 Å². The van der Waals surface area contributed by atoms with Crippen molar-refractivity contribution in [1.82, 2.24) is 18.3 Å². The number of para-hydroxylation sites is 6. The Balaban J connectivity index is 1.18. The van der Waals surface area contributed by atoms with Gasteiger partial charge in [0.15, 0.2) is 0 Å². The highest BCUT2D eigenvalue weighted by Gasteiger charge is 2.35. The molecule has 0 saturated heterocycles. The van der Waals surface area contributed by atoms with Crippen LogP contribution in [0.4, 0.5) is 0 Å². The molecule has 0 aliphatic rings. The number of fused-ring (bicyclic) bond motifs is 20. The third-order valence-electron chi connectivity index (χ3n) is 16.5. The van der Waals surface area contributed by atoms with Crippen LogP contribution in [0.5, 0.6) is 0 Å². The third-order valence-corrected chi connectivity index (χ3v) is 16.5. The monoisotopic (exact) mass is 996 g/mol. The van der Waals surface area contributed by atoms with E-state index in [1.54, 1.807) is 0 Å². The van der Waals surface area contributed by atoms with E-state index >= 15 is 0 Å². The summed E-state index contributed by atoms with van der Waals surface area (Å²) in [6.45, 7) is 4.23. The molecule has 0 atom stereocenters. The zero-order valence-electron chi connectivity index (χ0n) is 42.1. The minimum absolute atomic E-state index is 0.378. The van der Waals surface area contributed by atoms with Gasteiger partial charge in [0.25, 0.3) is 0 Å². The van der Waals surface area contributed by atoms with Gasteiger partial charge in [-0.25, -0.2) is 0 Å². The molecule has 0 amide bonds. The maximum atomic E-state index is 12.8. The Bertz CT molecular complexity index is 5570. The first-order valence-electron chi connectivity index (χ1n) is 26.2. The van der Waals surface area contributed by atoms with Crippen LogP contribution < -0.4 is 0 Å². The van der Waals surface area contributed by atoms with Gasteiger partial charge in [0, 0.05) is 53.9 Å². The van der Waals surface area contributed by atoms with Gasteiger partial charge in [-0.05, 0) is 98.8 Å². The van der Waals surface area contributed by atoms with E-state index in [4.69, 9.17) is 8.83 Å². The standard InChI is InChI=1S/C70H40N6O2/c1-39-27-31-57-49(35-39)43-17-5-11-23-55(43)74(57)66-52(38-72)67(75-56-24-12-6-20-48(56)63-59(75)33-29-46-44-18-7-13-25-61(44)77-69(46)63)65(73-53-21-9-3-15-41(53)42-16-4-10-22-54(42)73)51(37-71)68(66)76-58-32-28-40(2)36-50(58)64-60(76)34-30-47-45-19-8-14-26-62(45)78-70(47)64/h3-36H,1-2H3. The van der Waals surface area contributed by atoms with Crippen molar-refractivity contribution in [3.63, 3.8) is 0 Å². The minimum Gasteiger partial charge on any atom is -0.455 e. The zero-order chi connectivity index (χ0) is 51.7. The van der Waals surface area contributed by atoms with E-state index in [1.165, 1.54) is 0 Å². The van der Waals surface area contributed by atoms with Crippen molar-refractivity contribution in [3.8, 4) is 34.9 Å². The number of aromatic nitrogens is 4. The maximum Gasteiger partial charge on any atom is 0.145 e. The van der Waals surface area contributed by atoms with Crippen LogP contribution in [-0.2, 0) is 0 Å². The Morgan fingerprint density at radius 1 is 0.295 bits per heavy atom. The largest absolute Gasteiger partial charge is 0.455 e. The average molecular weight is 997 g/mol. The van der Waals surface area contributed by atoms with Gasteiger partial charge in [0.2, 0.25) is 0 Å². The summed E-state index contributed by atoms with van der Waals surface area (Å²) in [4.78, 5) is 0. The average Bonchev–Trinajstić information content (AvgIpc) is 4.25. The number of nitrogens with zero attached hydrogens (tertiary/aromatic N) is 6. The van der Waals surface area contributed by atoms with Gasteiger partial charge in [-0.2, -0.15) is 10.5 Å².